The van der Waals surface area contributed by atoms with Crippen LogP contribution in [0, 0.1) is 11.3 Å². The Morgan fingerprint density at radius 2 is 1.90 bits per heavy atom. The maximum absolute atomic E-state index is 8.89. The molecule has 4 nitrogen and oxygen atoms in total. The lowest BCUT2D eigenvalue weighted by Crippen LogP contribution is -2.18. The van der Waals surface area contributed by atoms with E-state index >= 15 is 0 Å². The first kappa shape index (κ1) is 13.9. The highest BCUT2D eigenvalue weighted by atomic mass is 16.5. The molecule has 2 aromatic rings. The smallest absolute Gasteiger partial charge is 0.162 e. The third-order valence-corrected chi connectivity index (χ3v) is 2.95. The van der Waals surface area contributed by atoms with Crippen molar-refractivity contribution in [2.45, 2.75) is 6.10 Å². The molecule has 0 fully saturated rings. The molecule has 2 rings (SSSR count). The molecular weight excluding hydrogens is 252 g/mol. The highest BCUT2D eigenvalue weighted by Crippen LogP contribution is 2.31. The Kier molecular flexibility index (Phi) is 4.59. The lowest BCUT2D eigenvalue weighted by molar-refractivity contribution is 0.204. The number of ether oxygens (including phenoxy) is 2. The second-order valence-corrected chi connectivity index (χ2v) is 4.23. The van der Waals surface area contributed by atoms with Crippen molar-refractivity contribution in [3.05, 3.63) is 59.7 Å². The van der Waals surface area contributed by atoms with E-state index < -0.39 is 0 Å². The van der Waals surface area contributed by atoms with Crippen molar-refractivity contribution < 1.29 is 9.47 Å². The quantitative estimate of drug-likeness (QED) is 0.905. The van der Waals surface area contributed by atoms with Crippen LogP contribution >= 0.6 is 0 Å². The van der Waals surface area contributed by atoms with E-state index in [4.69, 9.17) is 20.5 Å². The Labute approximate surface area is 118 Å². The van der Waals surface area contributed by atoms with Crippen molar-refractivity contribution in [1.29, 1.82) is 5.26 Å². The molecule has 0 aromatic heterocycles. The molecule has 1 unspecified atom stereocenters. The van der Waals surface area contributed by atoms with E-state index in [2.05, 4.69) is 6.07 Å². The Morgan fingerprint density at radius 3 is 2.50 bits per heavy atom. The van der Waals surface area contributed by atoms with Gasteiger partial charge in [0.2, 0.25) is 0 Å². The molecule has 0 aliphatic rings. The van der Waals surface area contributed by atoms with Gasteiger partial charge in [0.25, 0.3) is 0 Å². The van der Waals surface area contributed by atoms with Gasteiger partial charge in [-0.05, 0) is 17.7 Å². The van der Waals surface area contributed by atoms with Crippen LogP contribution < -0.4 is 15.2 Å². The van der Waals surface area contributed by atoms with Gasteiger partial charge < -0.3 is 15.2 Å². The molecule has 0 bridgehead atoms. The summed E-state index contributed by atoms with van der Waals surface area (Å²) in [6.45, 7) is 0.354. The van der Waals surface area contributed by atoms with Crippen molar-refractivity contribution >= 4 is 0 Å². The predicted molar refractivity (Wildman–Crippen MR) is 76.6 cm³/mol. The van der Waals surface area contributed by atoms with Gasteiger partial charge in [0.15, 0.2) is 11.5 Å². The molecule has 2 aromatic carbocycles. The average Bonchev–Trinajstić information content (AvgIpc) is 2.53. The zero-order valence-electron chi connectivity index (χ0n) is 11.2. The first-order valence-electron chi connectivity index (χ1n) is 6.28. The van der Waals surface area contributed by atoms with Crippen LogP contribution in [-0.4, -0.2) is 13.7 Å². The van der Waals surface area contributed by atoms with E-state index in [0.717, 1.165) is 5.56 Å². The molecule has 4 heteroatoms. The van der Waals surface area contributed by atoms with Gasteiger partial charge in [-0.2, -0.15) is 5.26 Å². The minimum Gasteiger partial charge on any atom is -0.493 e. The fourth-order valence-electron chi connectivity index (χ4n) is 1.91. The van der Waals surface area contributed by atoms with E-state index in [1.54, 1.807) is 25.3 Å². The van der Waals surface area contributed by atoms with E-state index in [-0.39, 0.29) is 6.10 Å². The SMILES string of the molecule is COc1cc(C#N)ccc1OC(CN)c1ccccc1. The summed E-state index contributed by atoms with van der Waals surface area (Å²) >= 11 is 0. The van der Waals surface area contributed by atoms with E-state index in [1.807, 2.05) is 30.3 Å². The predicted octanol–water partition coefficient (Wildman–Crippen LogP) is 2.65. The van der Waals surface area contributed by atoms with E-state index in [0.29, 0.717) is 23.6 Å². The van der Waals surface area contributed by atoms with Crippen molar-refractivity contribution in [2.24, 2.45) is 5.73 Å². The Hall–Kier alpha value is -2.51. The highest BCUT2D eigenvalue weighted by molar-refractivity contribution is 5.47. The van der Waals surface area contributed by atoms with Gasteiger partial charge in [-0.3, -0.25) is 0 Å². The topological polar surface area (TPSA) is 68.3 Å². The molecule has 1 atom stereocenters. The van der Waals surface area contributed by atoms with Crippen LogP contribution in [0.3, 0.4) is 0 Å². The molecule has 0 spiro atoms. The lowest BCUT2D eigenvalue weighted by atomic mass is 10.1. The minimum atomic E-state index is -0.252. The van der Waals surface area contributed by atoms with Crippen LogP contribution in [0.1, 0.15) is 17.2 Å². The summed E-state index contributed by atoms with van der Waals surface area (Å²) in [5.74, 6) is 1.10. The van der Waals surface area contributed by atoms with Crippen molar-refractivity contribution in [3.63, 3.8) is 0 Å². The van der Waals surface area contributed by atoms with Gasteiger partial charge in [0.1, 0.15) is 6.10 Å². The molecule has 102 valence electrons. The molecular formula is C16H16N2O2. The number of nitriles is 1. The normalized spacial score (nSPS) is 11.4. The number of nitrogens with two attached hydrogens (primary N) is 1. The molecule has 0 saturated heterocycles. The number of rotatable bonds is 5. The third-order valence-electron chi connectivity index (χ3n) is 2.95. The fourth-order valence-corrected chi connectivity index (χ4v) is 1.91. The first-order valence-corrected chi connectivity index (χ1v) is 6.28. The highest BCUT2D eigenvalue weighted by Gasteiger charge is 2.14. The van der Waals surface area contributed by atoms with Crippen LogP contribution in [-0.2, 0) is 0 Å². The van der Waals surface area contributed by atoms with Gasteiger partial charge >= 0.3 is 0 Å². The van der Waals surface area contributed by atoms with Crippen molar-refractivity contribution in [3.8, 4) is 17.6 Å². The van der Waals surface area contributed by atoms with Gasteiger partial charge in [0, 0.05) is 12.6 Å². The summed E-state index contributed by atoms with van der Waals surface area (Å²) in [5.41, 5.74) is 7.31. The summed E-state index contributed by atoms with van der Waals surface area (Å²) in [7, 11) is 1.54. The van der Waals surface area contributed by atoms with Crippen molar-refractivity contribution in [1.82, 2.24) is 0 Å². The van der Waals surface area contributed by atoms with Gasteiger partial charge in [-0.15, -0.1) is 0 Å². The summed E-state index contributed by atoms with van der Waals surface area (Å²) in [6.07, 6.45) is -0.252. The van der Waals surface area contributed by atoms with Gasteiger partial charge in [-0.1, -0.05) is 30.3 Å². The summed E-state index contributed by atoms with van der Waals surface area (Å²) in [6, 6.07) is 16.9. The fraction of sp³-hybridized carbons (Fsp3) is 0.188. The Balaban J connectivity index is 2.26. The monoisotopic (exact) mass is 268 g/mol. The Bertz CT molecular complexity index is 606. The summed E-state index contributed by atoms with van der Waals surface area (Å²) < 4.78 is 11.2. The average molecular weight is 268 g/mol. The molecule has 0 saturated carbocycles. The maximum Gasteiger partial charge on any atom is 0.162 e. The number of nitrogens with zero attached hydrogens (tertiary/aromatic N) is 1. The second kappa shape index (κ2) is 6.60. The number of hydrogen-bond acceptors (Lipinski definition) is 4. The minimum absolute atomic E-state index is 0.252. The Morgan fingerprint density at radius 1 is 1.15 bits per heavy atom. The zero-order chi connectivity index (χ0) is 14.4. The first-order chi connectivity index (χ1) is 9.78. The second-order valence-electron chi connectivity index (χ2n) is 4.23. The molecule has 0 radical (unpaired) electrons. The van der Waals surface area contributed by atoms with Crippen LogP contribution in [0.2, 0.25) is 0 Å². The number of benzene rings is 2. The van der Waals surface area contributed by atoms with Crippen LogP contribution in [0.4, 0.5) is 0 Å². The standard InChI is InChI=1S/C16H16N2O2/c1-19-15-9-12(10-17)7-8-14(15)20-16(11-18)13-5-3-2-4-6-13/h2-9,16H,11,18H2,1H3. The molecule has 2 N–H and O–H groups in total. The molecule has 0 aliphatic heterocycles. The molecule has 0 heterocycles. The van der Waals surface area contributed by atoms with E-state index in [9.17, 15) is 0 Å². The van der Waals surface area contributed by atoms with Crippen LogP contribution in [0.25, 0.3) is 0 Å². The lowest BCUT2D eigenvalue weighted by Gasteiger charge is -2.19. The third kappa shape index (κ3) is 3.08. The van der Waals surface area contributed by atoms with Gasteiger partial charge in [0.05, 0.1) is 18.7 Å². The molecule has 0 aliphatic carbocycles. The summed E-state index contributed by atoms with van der Waals surface area (Å²) in [5, 5.41) is 8.89. The van der Waals surface area contributed by atoms with Crippen molar-refractivity contribution in [2.75, 3.05) is 13.7 Å². The molecule has 0 amide bonds. The zero-order valence-corrected chi connectivity index (χ0v) is 11.2. The number of hydrogen-bond donors (Lipinski definition) is 1. The largest absolute Gasteiger partial charge is 0.493 e. The van der Waals surface area contributed by atoms with Crippen LogP contribution in [0.5, 0.6) is 11.5 Å². The summed E-state index contributed by atoms with van der Waals surface area (Å²) in [4.78, 5) is 0. The van der Waals surface area contributed by atoms with Crippen LogP contribution in [0.15, 0.2) is 48.5 Å². The van der Waals surface area contributed by atoms with Gasteiger partial charge in [-0.25, -0.2) is 0 Å². The maximum atomic E-state index is 8.89. The van der Waals surface area contributed by atoms with E-state index in [1.165, 1.54) is 0 Å². The molecule has 20 heavy (non-hydrogen) atoms. The number of methoxy groups -OCH3 is 1.